The fourth-order valence-electron chi connectivity index (χ4n) is 5.34. The minimum Gasteiger partial charge on any atom is -0.464 e. The summed E-state index contributed by atoms with van der Waals surface area (Å²) >= 11 is 0. The Morgan fingerprint density at radius 3 is 2.17 bits per heavy atom. The van der Waals surface area contributed by atoms with Crippen LogP contribution in [0.5, 0.6) is 5.75 Å². The molecule has 9 N–H and O–H groups in total. The first kappa shape index (κ1) is 35.7. The van der Waals surface area contributed by atoms with Gasteiger partial charge in [-0.15, -0.1) is 0 Å². The summed E-state index contributed by atoms with van der Waals surface area (Å²) in [5.41, 5.74) is 3.31. The third kappa shape index (κ3) is 8.41. The number of hydrogen-bond donors (Lipinski definition) is 9. The summed E-state index contributed by atoms with van der Waals surface area (Å²) in [5, 5.41) is 89.0. The van der Waals surface area contributed by atoms with E-state index < -0.39 is 68.3 Å². The van der Waals surface area contributed by atoms with Crippen molar-refractivity contribution < 1.29 is 64.6 Å². The maximum absolute atomic E-state index is 12.6. The monoisotopic (exact) mass is 649 g/mol. The number of hydrogen-bond acceptors (Lipinski definition) is 13. The second kappa shape index (κ2) is 16.1. The smallest absolute Gasteiger partial charge is 0.229 e. The number of amides is 1. The van der Waals surface area contributed by atoms with Crippen molar-refractivity contribution >= 4 is 16.9 Å². The number of benzene rings is 2. The van der Waals surface area contributed by atoms with Crippen molar-refractivity contribution in [2.45, 2.75) is 80.8 Å². The summed E-state index contributed by atoms with van der Waals surface area (Å²) in [6.07, 6.45) is -10.3. The fraction of sp³-hybridized carbons (Fsp3) is 0.531. The number of carbonyl (C=O) groups excluding carboxylic acids is 1. The van der Waals surface area contributed by atoms with Crippen LogP contribution in [-0.2, 0) is 28.8 Å². The molecule has 1 aliphatic rings. The van der Waals surface area contributed by atoms with E-state index in [2.05, 4.69) is 0 Å². The molecule has 0 aliphatic carbocycles. The van der Waals surface area contributed by atoms with Gasteiger partial charge in [-0.3, -0.25) is 4.79 Å². The highest BCUT2D eigenvalue weighted by Gasteiger charge is 2.45. The van der Waals surface area contributed by atoms with Crippen LogP contribution in [0.15, 0.2) is 53.1 Å². The average Bonchev–Trinajstić information content (AvgIpc) is 3.49. The molecule has 14 heteroatoms. The molecule has 1 aromatic heterocycles. The predicted molar refractivity (Wildman–Crippen MR) is 162 cm³/mol. The molecular weight excluding hydrogens is 606 g/mol. The van der Waals surface area contributed by atoms with Gasteiger partial charge >= 0.3 is 0 Å². The molecule has 0 unspecified atom stereocenters. The number of fused-ring (bicyclic) bond motifs is 1. The van der Waals surface area contributed by atoms with Crippen LogP contribution in [0, 0.1) is 0 Å². The zero-order chi connectivity index (χ0) is 33.5. The fourth-order valence-corrected chi connectivity index (χ4v) is 5.34. The Morgan fingerprint density at radius 2 is 1.52 bits per heavy atom. The lowest BCUT2D eigenvalue weighted by atomic mass is 9.99. The van der Waals surface area contributed by atoms with Gasteiger partial charge in [0.15, 0.2) is 0 Å². The zero-order valence-corrected chi connectivity index (χ0v) is 25.4. The van der Waals surface area contributed by atoms with Gasteiger partial charge in [-0.05, 0) is 42.5 Å². The number of likely N-dealkylation sites (N-methyl/N-ethyl adjacent to an activating group) is 1. The van der Waals surface area contributed by atoms with E-state index in [1.54, 1.807) is 24.5 Å². The first-order valence-electron chi connectivity index (χ1n) is 15.1. The number of aliphatic hydroxyl groups is 9. The Labute approximate surface area is 265 Å². The summed E-state index contributed by atoms with van der Waals surface area (Å²) in [6, 6.07) is 12.9. The quantitative estimate of drug-likeness (QED) is 0.0888. The summed E-state index contributed by atoms with van der Waals surface area (Å²) in [4.78, 5) is 13.8. The summed E-state index contributed by atoms with van der Waals surface area (Å²) < 4.78 is 17.1. The summed E-state index contributed by atoms with van der Waals surface area (Å²) in [5.74, 6) is 0.0533. The molecule has 4 rings (SSSR count). The first-order valence-corrected chi connectivity index (χ1v) is 15.1. The van der Waals surface area contributed by atoms with Crippen molar-refractivity contribution in [3.05, 3.63) is 65.4 Å². The van der Waals surface area contributed by atoms with Crippen molar-refractivity contribution in [1.82, 2.24) is 4.90 Å². The van der Waals surface area contributed by atoms with E-state index in [-0.39, 0.29) is 18.9 Å². The van der Waals surface area contributed by atoms with E-state index in [0.29, 0.717) is 36.0 Å². The lowest BCUT2D eigenvalue weighted by Crippen LogP contribution is -2.60. The van der Waals surface area contributed by atoms with Gasteiger partial charge in [0.2, 0.25) is 12.2 Å². The van der Waals surface area contributed by atoms with Gasteiger partial charge in [0.25, 0.3) is 0 Å². The van der Waals surface area contributed by atoms with E-state index in [0.717, 1.165) is 16.7 Å². The van der Waals surface area contributed by atoms with Crippen molar-refractivity contribution in [2.75, 3.05) is 26.8 Å². The topological polar surface area (TPSA) is 234 Å². The molecule has 3 aromatic rings. The van der Waals surface area contributed by atoms with E-state index in [1.807, 2.05) is 24.3 Å². The van der Waals surface area contributed by atoms with E-state index in [9.17, 15) is 45.6 Å². The van der Waals surface area contributed by atoms with Crippen molar-refractivity contribution in [1.29, 1.82) is 0 Å². The number of ether oxygens (including phenoxy) is 2. The molecule has 46 heavy (non-hydrogen) atoms. The standard InChI is InChI=1S/C32H43NO13/c1-33(13-20(36)27(39)28(40)21(37)14-34)25(38)12-10-18-7-5-17(6-8-18)9-11-19-16-44-22-3-2-4-23(26(19)22)45-32-31(43)30(42)29(41)24(15-35)46-32/h2-8,16,20-21,24,27-32,34-37,39-43H,9-15H2,1H3/t20-,21+,24+,27+,28+,29+,30-,31+,32+/m0/s1. The second-order valence-corrected chi connectivity index (χ2v) is 11.6. The molecule has 9 atom stereocenters. The van der Waals surface area contributed by atoms with E-state index in [1.165, 1.54) is 11.9 Å². The molecule has 2 heterocycles. The molecule has 254 valence electrons. The SMILES string of the molecule is CN(C[C@H](O)[C@@H](O)[C@H](O)[C@H](O)CO)C(=O)CCc1ccc(CCc2coc3cccc(O[C@@H]4O[C@H](CO)[C@@H](O)[C@H](O)[C@H]4O)c23)cc1. The third-order valence-electron chi connectivity index (χ3n) is 8.27. The lowest BCUT2D eigenvalue weighted by molar-refractivity contribution is -0.277. The maximum atomic E-state index is 12.6. The normalized spacial score (nSPS) is 24.3. The van der Waals surface area contributed by atoms with Gasteiger partial charge in [0, 0.05) is 25.6 Å². The van der Waals surface area contributed by atoms with Crippen LogP contribution in [0.1, 0.15) is 23.1 Å². The molecule has 1 amide bonds. The van der Waals surface area contributed by atoms with Crippen molar-refractivity contribution in [3.63, 3.8) is 0 Å². The van der Waals surface area contributed by atoms with Crippen LogP contribution in [0.4, 0.5) is 0 Å². The van der Waals surface area contributed by atoms with Crippen LogP contribution < -0.4 is 4.74 Å². The molecule has 14 nitrogen and oxygen atoms in total. The molecule has 0 bridgehead atoms. The largest absolute Gasteiger partial charge is 0.464 e. The van der Waals surface area contributed by atoms with E-state index in [4.69, 9.17) is 19.0 Å². The maximum Gasteiger partial charge on any atom is 0.229 e. The summed E-state index contributed by atoms with van der Waals surface area (Å²) in [6.45, 7) is -1.63. The highest BCUT2D eigenvalue weighted by atomic mass is 16.7. The van der Waals surface area contributed by atoms with Crippen molar-refractivity contribution in [3.8, 4) is 5.75 Å². The lowest BCUT2D eigenvalue weighted by Gasteiger charge is -2.39. The molecule has 0 spiro atoms. The van der Waals surface area contributed by atoms with Gasteiger partial charge in [0.05, 0.1) is 24.9 Å². The van der Waals surface area contributed by atoms with Gasteiger partial charge in [-0.2, -0.15) is 0 Å². The number of carbonyl (C=O) groups is 1. The number of aryl methyl sites for hydroxylation is 3. The molecule has 0 saturated carbocycles. The van der Waals surface area contributed by atoms with Gasteiger partial charge in [0.1, 0.15) is 60.2 Å². The Kier molecular flexibility index (Phi) is 12.5. The summed E-state index contributed by atoms with van der Waals surface area (Å²) in [7, 11) is 1.45. The van der Waals surface area contributed by atoms with Crippen LogP contribution >= 0.6 is 0 Å². The molecule has 2 aromatic carbocycles. The van der Waals surface area contributed by atoms with Crippen LogP contribution in [0.25, 0.3) is 11.0 Å². The van der Waals surface area contributed by atoms with Crippen LogP contribution in [-0.4, -0.2) is 139 Å². The third-order valence-corrected chi connectivity index (χ3v) is 8.27. The van der Waals surface area contributed by atoms with Crippen LogP contribution in [0.3, 0.4) is 0 Å². The Morgan fingerprint density at radius 1 is 0.870 bits per heavy atom. The van der Waals surface area contributed by atoms with Gasteiger partial charge in [-0.25, -0.2) is 0 Å². The number of aliphatic hydroxyl groups excluding tert-OH is 9. The van der Waals surface area contributed by atoms with Crippen LogP contribution in [0.2, 0.25) is 0 Å². The first-order chi connectivity index (χ1) is 21.9. The average molecular weight is 650 g/mol. The zero-order valence-electron chi connectivity index (χ0n) is 25.4. The molecule has 1 saturated heterocycles. The molecular formula is C32H43NO13. The number of rotatable bonds is 15. The second-order valence-electron chi connectivity index (χ2n) is 11.6. The van der Waals surface area contributed by atoms with Crippen molar-refractivity contribution in [2.24, 2.45) is 0 Å². The van der Waals surface area contributed by atoms with Gasteiger partial charge < -0.3 is 64.7 Å². The predicted octanol–water partition coefficient (Wildman–Crippen LogP) is -1.78. The molecule has 0 radical (unpaired) electrons. The highest BCUT2D eigenvalue weighted by molar-refractivity contribution is 5.87. The molecule has 1 aliphatic heterocycles. The Bertz CT molecular complexity index is 1400. The Balaban J connectivity index is 1.31. The minimum atomic E-state index is -1.76. The van der Waals surface area contributed by atoms with Gasteiger partial charge in [-0.1, -0.05) is 30.3 Å². The minimum absolute atomic E-state index is 0.138. The van der Waals surface area contributed by atoms with E-state index >= 15 is 0 Å². The highest BCUT2D eigenvalue weighted by Crippen LogP contribution is 2.34. The Hall–Kier alpha value is -3.15. The molecule has 1 fully saturated rings. The number of nitrogens with zero attached hydrogens (tertiary/aromatic N) is 1. The number of furan rings is 1.